The first-order chi connectivity index (χ1) is 41.5. The van der Waals surface area contributed by atoms with Crippen LogP contribution < -0.4 is 65.1 Å². The first-order valence-corrected chi connectivity index (χ1v) is 28.9. The number of hydrazine groups is 1. The average Bonchev–Trinajstić information content (AvgIpc) is 3.32. The van der Waals surface area contributed by atoms with Gasteiger partial charge in [0.25, 0.3) is 11.5 Å². The number of nitrogens with one attached hydrogen (secondary N) is 10. The predicted octanol–water partition coefficient (Wildman–Crippen LogP) is -1.80. The molecule has 0 spiro atoms. The molecule has 2 aromatic carbocycles. The van der Waals surface area contributed by atoms with Crippen LogP contribution >= 0.6 is 21.6 Å². The fraction of sp³-hybridized carbons (Fsp3) is 0.423. The first kappa shape index (κ1) is 70.6. The van der Waals surface area contributed by atoms with E-state index in [-0.39, 0.29) is 53.8 Å². The van der Waals surface area contributed by atoms with Crippen molar-refractivity contribution in [3.8, 4) is 5.75 Å². The Kier molecular flexibility index (Phi) is 27.6. The maximum atomic E-state index is 13.2. The van der Waals surface area contributed by atoms with E-state index in [9.17, 15) is 87.9 Å². The number of carbonyl (C=O) groups is 12. The van der Waals surface area contributed by atoms with Crippen molar-refractivity contribution in [3.63, 3.8) is 0 Å². The number of fused-ring (bicyclic) bond motifs is 1. The Bertz CT molecular complexity index is 3250. The summed E-state index contributed by atoms with van der Waals surface area (Å²) >= 11 is 0. The van der Waals surface area contributed by atoms with Gasteiger partial charge in [0, 0.05) is 41.8 Å². The number of nitrogen functional groups attached to an aromatic ring is 1. The molecule has 4 rings (SSSR count). The molecular weight excluding hydrogens is 1200 g/mol. The van der Waals surface area contributed by atoms with Crippen molar-refractivity contribution in [2.24, 2.45) is 11.7 Å². The summed E-state index contributed by atoms with van der Waals surface area (Å²) in [6.07, 6.45) is -2.35. The second kappa shape index (κ2) is 34.3. The molecule has 476 valence electrons. The summed E-state index contributed by atoms with van der Waals surface area (Å²) in [6.45, 7) is 2.66. The zero-order valence-corrected chi connectivity index (χ0v) is 49.0. The summed E-state index contributed by atoms with van der Waals surface area (Å²) in [4.78, 5) is 177. The molecule has 0 saturated heterocycles. The van der Waals surface area contributed by atoms with Gasteiger partial charge in [-0.05, 0) is 81.5 Å². The zero-order chi connectivity index (χ0) is 65.3. The Morgan fingerprint density at radius 3 is 1.98 bits per heavy atom. The number of nitrogens with zero attached hydrogens (tertiary/aromatic N) is 3. The Morgan fingerprint density at radius 1 is 0.727 bits per heavy atom. The van der Waals surface area contributed by atoms with Crippen LogP contribution in [0.15, 0.2) is 59.5 Å². The van der Waals surface area contributed by atoms with E-state index in [1.807, 2.05) is 0 Å². The minimum atomic E-state index is -1.85. The highest BCUT2D eigenvalue weighted by Crippen LogP contribution is 2.38. The molecule has 0 aliphatic rings. The van der Waals surface area contributed by atoms with Gasteiger partial charge < -0.3 is 79.0 Å². The SMILES string of the molecule is C[C@@H](C[C@@H](N)Cc1ccc(O)cc1)C(=O)NNC(=O)OCCSSC(C)(C)C(NC(=O)CNC(=O)[C@@H](CCC(=O)O)NC(=O)CNC(=O)[C@@H](CC(=O)O)NC(=O)CC[C@@H](NC(=O)c1ccc(NCc2cnc3nc(N)[nH]c(=O)c3n2)cc1)C(=O)O)C(=O)O. The van der Waals surface area contributed by atoms with E-state index in [0.29, 0.717) is 17.8 Å². The average molecular weight is 1270 g/mol. The summed E-state index contributed by atoms with van der Waals surface area (Å²) in [5.41, 5.74) is 17.3. The minimum Gasteiger partial charge on any atom is -0.508 e. The molecule has 36 heteroatoms. The number of rotatable bonds is 35. The number of amides is 8. The van der Waals surface area contributed by atoms with Crippen LogP contribution in [0.4, 0.5) is 16.4 Å². The van der Waals surface area contributed by atoms with Gasteiger partial charge in [-0.15, -0.1) is 0 Å². The molecule has 1 unspecified atom stereocenters. The number of anilines is 2. The molecule has 6 atom stereocenters. The highest BCUT2D eigenvalue weighted by molar-refractivity contribution is 8.77. The summed E-state index contributed by atoms with van der Waals surface area (Å²) in [5, 5.41) is 64.2. The second-order valence-corrected chi connectivity index (χ2v) is 23.0. The van der Waals surface area contributed by atoms with Crippen LogP contribution in [0.5, 0.6) is 5.75 Å². The zero-order valence-electron chi connectivity index (χ0n) is 47.4. The number of carboxylic acid groups (broad SMARTS) is 4. The fourth-order valence-electron chi connectivity index (χ4n) is 7.78. The Balaban J connectivity index is 1.19. The lowest BCUT2D eigenvalue weighted by Gasteiger charge is -2.30. The summed E-state index contributed by atoms with van der Waals surface area (Å²) in [7, 11) is 2.08. The number of nitrogens with two attached hydrogens (primary N) is 2. The molecule has 2 aromatic heterocycles. The molecule has 0 radical (unpaired) electrons. The molecule has 8 amide bonds. The number of phenolic OH excluding ortho intramolecular Hbond substituents is 1. The minimum absolute atomic E-state index is 0.0191. The molecule has 0 fully saturated rings. The topological polar surface area (TPSA) is 547 Å². The molecule has 19 N–H and O–H groups in total. The van der Waals surface area contributed by atoms with Crippen LogP contribution in [-0.4, -0.2) is 177 Å². The number of aromatic hydroxyl groups is 1. The maximum absolute atomic E-state index is 13.2. The van der Waals surface area contributed by atoms with Gasteiger partial charge in [-0.2, -0.15) is 4.98 Å². The van der Waals surface area contributed by atoms with Crippen molar-refractivity contribution in [1.29, 1.82) is 0 Å². The van der Waals surface area contributed by atoms with E-state index in [0.717, 1.165) is 27.2 Å². The van der Waals surface area contributed by atoms with Crippen molar-refractivity contribution < 1.29 is 87.8 Å². The molecule has 0 bridgehead atoms. The third-order valence-electron chi connectivity index (χ3n) is 12.3. The summed E-state index contributed by atoms with van der Waals surface area (Å²) in [6, 6.07) is 5.06. The van der Waals surface area contributed by atoms with E-state index in [4.69, 9.17) is 16.2 Å². The second-order valence-electron chi connectivity index (χ2n) is 19.9. The molecule has 2 heterocycles. The van der Waals surface area contributed by atoms with Crippen molar-refractivity contribution in [2.75, 3.05) is 36.5 Å². The standard InChI is InChI=1S/C52H67N15O19S2/c1-25(18-28(53)19-26-4-10-31(68)11-5-26)43(76)66-67-51(85)86-16-17-87-88-52(2,3)41(49(83)84)63-37(71)24-57-45(78)32(13-15-38(72)73)60-36(70)23-58-46(79)34(20-39(74)75)61-35(69)14-12-33(48(81)82)62-44(77)27-6-8-29(9-7-27)55-21-30-22-56-42-40(59-30)47(80)65-50(54)64-42/h4-11,22,25,28,32-34,41,55,68H,12-21,23-24,53H2,1-3H3,(H,57,78)(H,58,79)(H,60,70)(H,61,69)(H,62,77)(H,63,71)(H,66,76)(H,67,85)(H,72,73)(H,74,75)(H,81,82)(H,83,84)(H3,54,56,64,65,80)/t25-,28+,32+,33+,34+,41?/m0/s1. The number of benzene rings is 2. The van der Waals surface area contributed by atoms with Crippen LogP contribution in [-0.2, 0) is 65.6 Å². The smallest absolute Gasteiger partial charge is 0.426 e. The number of H-pyrrole nitrogens is 1. The molecular formula is C52H67N15O19S2. The highest BCUT2D eigenvalue weighted by Gasteiger charge is 2.38. The van der Waals surface area contributed by atoms with Crippen LogP contribution in [0.25, 0.3) is 11.2 Å². The lowest BCUT2D eigenvalue weighted by Crippen LogP contribution is -2.56. The van der Waals surface area contributed by atoms with Gasteiger partial charge in [0.1, 0.15) is 36.5 Å². The largest absolute Gasteiger partial charge is 0.508 e. The quantitative estimate of drug-likeness (QED) is 0.0137. The number of hydrogen-bond donors (Lipinski definition) is 17. The van der Waals surface area contributed by atoms with Crippen molar-refractivity contribution in [3.05, 3.63) is 81.9 Å². The summed E-state index contributed by atoms with van der Waals surface area (Å²) in [5.74, 6) is -13.4. The van der Waals surface area contributed by atoms with Crippen molar-refractivity contribution in [1.82, 2.24) is 62.7 Å². The van der Waals surface area contributed by atoms with Gasteiger partial charge in [-0.25, -0.2) is 29.8 Å². The molecule has 88 heavy (non-hydrogen) atoms. The predicted molar refractivity (Wildman–Crippen MR) is 313 cm³/mol. The van der Waals surface area contributed by atoms with Crippen LogP contribution in [0.3, 0.4) is 0 Å². The number of phenols is 1. The number of hydrogen-bond acceptors (Lipinski definition) is 23. The Hall–Kier alpha value is -9.84. The van der Waals surface area contributed by atoms with Gasteiger partial charge >= 0.3 is 30.0 Å². The van der Waals surface area contributed by atoms with Crippen LogP contribution in [0, 0.1) is 5.92 Å². The normalized spacial score (nSPS) is 13.1. The third-order valence-corrected chi connectivity index (χ3v) is 15.6. The van der Waals surface area contributed by atoms with Crippen molar-refractivity contribution >= 4 is 116 Å². The molecule has 0 aliphatic heterocycles. The van der Waals surface area contributed by atoms with Crippen LogP contribution in [0.1, 0.15) is 80.9 Å². The van der Waals surface area contributed by atoms with E-state index in [1.54, 1.807) is 19.1 Å². The number of aromatic nitrogens is 4. The number of ether oxygens (including phenoxy) is 1. The monoisotopic (exact) mass is 1270 g/mol. The first-order valence-electron chi connectivity index (χ1n) is 26.6. The Labute approximate surface area is 507 Å². The lowest BCUT2D eigenvalue weighted by molar-refractivity contribution is -0.142. The lowest BCUT2D eigenvalue weighted by atomic mass is 9.96. The molecule has 4 aromatic rings. The highest BCUT2D eigenvalue weighted by atomic mass is 33.1. The van der Waals surface area contributed by atoms with Gasteiger partial charge in [-0.3, -0.25) is 58.4 Å². The molecule has 0 saturated carbocycles. The summed E-state index contributed by atoms with van der Waals surface area (Å²) < 4.78 is 3.81. The number of aliphatic carboxylic acids is 4. The van der Waals surface area contributed by atoms with Gasteiger partial charge in [-0.1, -0.05) is 40.6 Å². The van der Waals surface area contributed by atoms with E-state index in [2.05, 4.69) is 68.0 Å². The third kappa shape index (κ3) is 24.6. The van der Waals surface area contributed by atoms with Gasteiger partial charge in [0.15, 0.2) is 11.2 Å². The number of carboxylic acids is 4. The number of aromatic amines is 1. The van der Waals surface area contributed by atoms with Crippen molar-refractivity contribution in [2.45, 2.75) is 107 Å². The van der Waals surface area contributed by atoms with Gasteiger partial charge in [0.05, 0.1) is 42.7 Å². The van der Waals surface area contributed by atoms with Crippen LogP contribution in [0.2, 0.25) is 0 Å². The Morgan fingerprint density at radius 2 is 1.35 bits per heavy atom. The van der Waals surface area contributed by atoms with E-state index in [1.165, 1.54) is 56.4 Å². The fourth-order valence-corrected chi connectivity index (χ4v) is 10.2. The van der Waals surface area contributed by atoms with E-state index >= 15 is 0 Å². The number of carbonyl (C=O) groups excluding carboxylic acids is 8. The molecule has 0 aliphatic carbocycles. The van der Waals surface area contributed by atoms with E-state index < -0.39 is 163 Å². The molecule has 34 nitrogen and oxygen atoms in total. The maximum Gasteiger partial charge on any atom is 0.426 e. The van der Waals surface area contributed by atoms with Gasteiger partial charge in [0.2, 0.25) is 41.4 Å².